The highest BCUT2D eigenvalue weighted by Gasteiger charge is 2.35. The average Bonchev–Trinajstić information content (AvgIpc) is 2.87. The summed E-state index contributed by atoms with van der Waals surface area (Å²) in [7, 11) is 0. The first kappa shape index (κ1) is 13.6. The maximum absolute atomic E-state index is 6.08. The van der Waals surface area contributed by atoms with Gasteiger partial charge in [0.15, 0.2) is 10.8 Å². The predicted octanol–water partition coefficient (Wildman–Crippen LogP) is 3.18. The van der Waals surface area contributed by atoms with Gasteiger partial charge in [-0.3, -0.25) is 4.40 Å². The van der Waals surface area contributed by atoms with Crippen molar-refractivity contribution in [3.8, 4) is 0 Å². The van der Waals surface area contributed by atoms with Crippen LogP contribution in [0, 0.1) is 5.41 Å². The maximum Gasteiger partial charge on any atom is 0.232 e. The summed E-state index contributed by atoms with van der Waals surface area (Å²) < 4.78 is 1.94. The summed E-state index contributed by atoms with van der Waals surface area (Å²) in [5.41, 5.74) is 0.968. The first-order chi connectivity index (χ1) is 9.54. The van der Waals surface area contributed by atoms with Crippen molar-refractivity contribution in [3.63, 3.8) is 0 Å². The van der Waals surface area contributed by atoms with Crippen LogP contribution in [0.5, 0.6) is 0 Å². The van der Waals surface area contributed by atoms with Crippen molar-refractivity contribution in [2.45, 2.75) is 46.1 Å². The van der Waals surface area contributed by atoms with E-state index in [-0.39, 0.29) is 0 Å². The zero-order chi connectivity index (χ0) is 14.3. The molecule has 0 aliphatic carbocycles. The molecule has 3 heterocycles. The van der Waals surface area contributed by atoms with Gasteiger partial charge in [0.1, 0.15) is 0 Å². The second-order valence-corrected chi connectivity index (χ2v) is 6.45. The zero-order valence-corrected chi connectivity index (χ0v) is 12.9. The average molecular weight is 294 g/mol. The number of piperidine rings is 1. The molecule has 3 rings (SSSR count). The molecular weight excluding hydrogens is 274 g/mol. The molecule has 0 spiro atoms. The van der Waals surface area contributed by atoms with Crippen LogP contribution in [0.2, 0.25) is 5.15 Å². The number of anilines is 1. The molecule has 0 aromatic carbocycles. The maximum atomic E-state index is 6.08. The summed E-state index contributed by atoms with van der Waals surface area (Å²) in [6, 6.07) is 0.467. The summed E-state index contributed by atoms with van der Waals surface area (Å²) >= 11 is 6.08. The minimum atomic E-state index is 0.342. The van der Waals surface area contributed by atoms with E-state index in [2.05, 4.69) is 40.9 Å². The van der Waals surface area contributed by atoms with Crippen LogP contribution < -0.4 is 4.90 Å². The Balaban J connectivity index is 2.03. The third-order valence-electron chi connectivity index (χ3n) is 4.63. The lowest BCUT2D eigenvalue weighted by molar-refractivity contribution is 0.225. The molecule has 2 unspecified atom stereocenters. The Labute approximate surface area is 124 Å². The molecule has 0 radical (unpaired) electrons. The van der Waals surface area contributed by atoms with Gasteiger partial charge in [0.2, 0.25) is 5.95 Å². The number of aromatic nitrogens is 4. The van der Waals surface area contributed by atoms with Crippen molar-refractivity contribution in [2.24, 2.45) is 5.41 Å². The first-order valence-corrected chi connectivity index (χ1v) is 7.54. The minimum absolute atomic E-state index is 0.342. The molecule has 1 aliphatic rings. The monoisotopic (exact) mass is 293 g/mol. The third kappa shape index (κ3) is 2.14. The Hall–Kier alpha value is -1.36. The van der Waals surface area contributed by atoms with Gasteiger partial charge in [-0.25, -0.2) is 4.98 Å². The smallest absolute Gasteiger partial charge is 0.232 e. The Kier molecular flexibility index (Phi) is 3.32. The fraction of sp³-hybridized carbons (Fsp3) is 0.643. The number of halogens is 1. The van der Waals surface area contributed by atoms with Gasteiger partial charge in [-0.15, -0.1) is 10.2 Å². The van der Waals surface area contributed by atoms with E-state index in [1.165, 1.54) is 19.3 Å². The molecule has 0 N–H and O–H groups in total. The summed E-state index contributed by atoms with van der Waals surface area (Å²) in [6.45, 7) is 7.87. The fourth-order valence-electron chi connectivity index (χ4n) is 2.90. The van der Waals surface area contributed by atoms with Crippen molar-refractivity contribution in [2.75, 3.05) is 11.4 Å². The quantitative estimate of drug-likeness (QED) is 0.853. The molecule has 0 saturated carbocycles. The van der Waals surface area contributed by atoms with Crippen molar-refractivity contribution in [3.05, 3.63) is 17.5 Å². The van der Waals surface area contributed by atoms with Crippen molar-refractivity contribution in [1.29, 1.82) is 0 Å². The molecule has 2 atom stereocenters. The predicted molar refractivity (Wildman–Crippen MR) is 80.2 cm³/mol. The highest BCUT2D eigenvalue weighted by molar-refractivity contribution is 6.32. The van der Waals surface area contributed by atoms with Gasteiger partial charge in [-0.1, -0.05) is 25.4 Å². The van der Waals surface area contributed by atoms with Crippen molar-refractivity contribution in [1.82, 2.24) is 19.6 Å². The van der Waals surface area contributed by atoms with Gasteiger partial charge in [-0.2, -0.15) is 0 Å². The van der Waals surface area contributed by atoms with Crippen molar-refractivity contribution < 1.29 is 0 Å². The van der Waals surface area contributed by atoms with E-state index in [1.54, 1.807) is 6.20 Å². The van der Waals surface area contributed by atoms with Crippen LogP contribution in [0.25, 0.3) is 5.65 Å². The van der Waals surface area contributed by atoms with E-state index in [1.807, 2.05) is 10.6 Å². The summed E-state index contributed by atoms with van der Waals surface area (Å²) in [6.07, 6.45) is 7.19. The molecule has 2 aromatic rings. The van der Waals surface area contributed by atoms with Gasteiger partial charge >= 0.3 is 0 Å². The van der Waals surface area contributed by atoms with Gasteiger partial charge in [0.25, 0.3) is 0 Å². The summed E-state index contributed by atoms with van der Waals surface area (Å²) in [5, 5.41) is 8.92. The zero-order valence-electron chi connectivity index (χ0n) is 12.2. The van der Waals surface area contributed by atoms with E-state index in [9.17, 15) is 0 Å². The van der Waals surface area contributed by atoms with Crippen LogP contribution in [-0.2, 0) is 0 Å². The molecule has 1 aliphatic heterocycles. The van der Waals surface area contributed by atoms with Crippen LogP contribution in [0.1, 0.15) is 40.0 Å². The van der Waals surface area contributed by atoms with Crippen LogP contribution in [0.15, 0.2) is 12.4 Å². The van der Waals surface area contributed by atoms with Gasteiger partial charge in [-0.05, 0) is 31.6 Å². The van der Waals surface area contributed by atoms with Gasteiger partial charge in [0.05, 0.1) is 0 Å². The number of nitrogens with zero attached hydrogens (tertiary/aromatic N) is 5. The topological polar surface area (TPSA) is 46.3 Å². The number of hydrogen-bond donors (Lipinski definition) is 0. The van der Waals surface area contributed by atoms with Crippen LogP contribution in [-0.4, -0.2) is 32.2 Å². The number of hydrogen-bond acceptors (Lipinski definition) is 4. The third-order valence-corrected chi connectivity index (χ3v) is 4.89. The minimum Gasteiger partial charge on any atom is -0.337 e. The molecule has 2 aromatic heterocycles. The van der Waals surface area contributed by atoms with Crippen LogP contribution in [0.4, 0.5) is 5.95 Å². The standard InChI is InChI=1S/C14H20ClN5/c1-4-14(3)6-5-10(2)20(9-14)13-18-17-12-11(15)16-7-8-19(12)13/h7-8,10H,4-6,9H2,1-3H3. The highest BCUT2D eigenvalue weighted by atomic mass is 35.5. The second kappa shape index (κ2) is 4.88. The SMILES string of the molecule is CCC1(C)CCC(C)N(c2nnc3c(Cl)nccn23)C1. The molecule has 1 saturated heterocycles. The highest BCUT2D eigenvalue weighted by Crippen LogP contribution is 2.37. The molecule has 0 amide bonds. The van der Waals surface area contributed by atoms with E-state index < -0.39 is 0 Å². The molecular formula is C14H20ClN5. The molecule has 5 nitrogen and oxygen atoms in total. The van der Waals surface area contributed by atoms with Crippen LogP contribution in [0.3, 0.4) is 0 Å². The first-order valence-electron chi connectivity index (χ1n) is 7.16. The Morgan fingerprint density at radius 2 is 2.25 bits per heavy atom. The largest absolute Gasteiger partial charge is 0.337 e. The summed E-state index contributed by atoms with van der Waals surface area (Å²) in [5.74, 6) is 0.871. The Morgan fingerprint density at radius 1 is 1.45 bits per heavy atom. The number of fused-ring (bicyclic) bond motifs is 1. The lowest BCUT2D eigenvalue weighted by Gasteiger charge is -2.44. The second-order valence-electron chi connectivity index (χ2n) is 6.09. The molecule has 6 heteroatoms. The van der Waals surface area contributed by atoms with E-state index in [0.717, 1.165) is 12.5 Å². The van der Waals surface area contributed by atoms with Crippen molar-refractivity contribution >= 4 is 23.2 Å². The lowest BCUT2D eigenvalue weighted by atomic mass is 9.78. The Morgan fingerprint density at radius 3 is 3.00 bits per heavy atom. The van der Waals surface area contributed by atoms with Gasteiger partial charge in [0, 0.05) is 25.0 Å². The fourth-order valence-corrected chi connectivity index (χ4v) is 3.08. The summed E-state index contributed by atoms with van der Waals surface area (Å²) in [4.78, 5) is 6.40. The molecule has 20 heavy (non-hydrogen) atoms. The van der Waals surface area contributed by atoms with E-state index >= 15 is 0 Å². The molecule has 108 valence electrons. The normalized spacial score (nSPS) is 27.2. The van der Waals surface area contributed by atoms with Gasteiger partial charge < -0.3 is 4.90 Å². The molecule has 0 bridgehead atoms. The lowest BCUT2D eigenvalue weighted by Crippen LogP contribution is -2.47. The van der Waals surface area contributed by atoms with E-state index in [4.69, 9.17) is 11.6 Å². The molecule has 1 fully saturated rings. The van der Waals surface area contributed by atoms with E-state index in [0.29, 0.717) is 22.3 Å². The number of rotatable bonds is 2. The Bertz CT molecular complexity index is 625. The van der Waals surface area contributed by atoms with Crippen LogP contribution >= 0.6 is 11.6 Å².